The van der Waals surface area contributed by atoms with Crippen LogP contribution in [-0.4, -0.2) is 11.8 Å². The Labute approximate surface area is 118 Å². The quantitative estimate of drug-likeness (QED) is 0.776. The number of carbonyl (C=O) groups excluding carboxylic acids is 2. The number of amides is 2. The fourth-order valence-corrected chi connectivity index (χ4v) is 2.54. The highest BCUT2D eigenvalue weighted by Crippen LogP contribution is 2.31. The molecule has 3 rings (SSSR count). The topological polar surface area (TPSA) is 85.3 Å². The first-order valence-corrected chi connectivity index (χ1v) is 6.71. The summed E-state index contributed by atoms with van der Waals surface area (Å²) in [7, 11) is 0. The summed E-state index contributed by atoms with van der Waals surface area (Å²) in [5, 5.41) is 5.14. The summed E-state index contributed by atoms with van der Waals surface area (Å²) >= 11 is 1.31. The first-order chi connectivity index (χ1) is 9.66. The van der Waals surface area contributed by atoms with Crippen molar-refractivity contribution in [1.29, 1.82) is 0 Å². The van der Waals surface area contributed by atoms with Gasteiger partial charge in [0.25, 0.3) is 11.8 Å². The van der Waals surface area contributed by atoms with Crippen molar-refractivity contribution in [3.8, 4) is 0 Å². The molecule has 0 radical (unpaired) electrons. The van der Waals surface area contributed by atoms with E-state index in [-0.39, 0.29) is 11.7 Å². The molecule has 0 unspecified atom stereocenters. The van der Waals surface area contributed by atoms with Crippen LogP contribution >= 0.6 is 11.3 Å². The van der Waals surface area contributed by atoms with Gasteiger partial charge in [0.2, 0.25) is 5.76 Å². The Balaban J connectivity index is 2.07. The van der Waals surface area contributed by atoms with Gasteiger partial charge < -0.3 is 15.5 Å². The number of nitrogens with two attached hydrogens (primary N) is 1. The number of anilines is 1. The van der Waals surface area contributed by atoms with E-state index in [1.165, 1.54) is 11.3 Å². The molecule has 100 valence electrons. The molecule has 6 heteroatoms. The predicted octanol–water partition coefficient (Wildman–Crippen LogP) is 2.85. The molecule has 2 aromatic heterocycles. The van der Waals surface area contributed by atoms with Crippen molar-refractivity contribution in [2.75, 3.05) is 5.32 Å². The third-order valence-electron chi connectivity index (χ3n) is 2.80. The van der Waals surface area contributed by atoms with E-state index in [0.29, 0.717) is 21.5 Å². The SMILES string of the molecule is NC(=O)c1oc2ccccc2c1NC(=O)c1cccs1. The number of hydrogen-bond acceptors (Lipinski definition) is 4. The molecule has 0 bridgehead atoms. The van der Waals surface area contributed by atoms with Gasteiger partial charge in [0.1, 0.15) is 11.3 Å². The van der Waals surface area contributed by atoms with Gasteiger partial charge in [-0.25, -0.2) is 0 Å². The average Bonchev–Trinajstić information content (AvgIpc) is 3.06. The summed E-state index contributed by atoms with van der Waals surface area (Å²) in [5.41, 5.74) is 6.11. The number of benzene rings is 1. The number of carbonyl (C=O) groups is 2. The Morgan fingerprint density at radius 1 is 1.15 bits per heavy atom. The second kappa shape index (κ2) is 4.82. The van der Waals surface area contributed by atoms with Crippen LogP contribution in [0.2, 0.25) is 0 Å². The maximum absolute atomic E-state index is 12.1. The van der Waals surface area contributed by atoms with E-state index in [0.717, 1.165) is 0 Å². The van der Waals surface area contributed by atoms with E-state index in [1.807, 2.05) is 0 Å². The number of para-hydroxylation sites is 1. The van der Waals surface area contributed by atoms with Gasteiger partial charge >= 0.3 is 0 Å². The molecule has 0 aliphatic rings. The lowest BCUT2D eigenvalue weighted by atomic mass is 10.2. The Morgan fingerprint density at radius 3 is 2.65 bits per heavy atom. The second-order valence-electron chi connectivity index (χ2n) is 4.10. The first kappa shape index (κ1) is 12.4. The number of nitrogens with one attached hydrogen (secondary N) is 1. The van der Waals surface area contributed by atoms with Crippen LogP contribution in [0, 0.1) is 0 Å². The smallest absolute Gasteiger partial charge is 0.286 e. The van der Waals surface area contributed by atoms with Crippen LogP contribution in [0.1, 0.15) is 20.2 Å². The molecule has 2 amide bonds. The normalized spacial score (nSPS) is 10.6. The molecule has 20 heavy (non-hydrogen) atoms. The van der Waals surface area contributed by atoms with Gasteiger partial charge in [0, 0.05) is 5.39 Å². The third kappa shape index (κ3) is 2.06. The zero-order valence-corrected chi connectivity index (χ0v) is 11.1. The van der Waals surface area contributed by atoms with E-state index >= 15 is 0 Å². The molecule has 0 atom stereocenters. The molecular formula is C14H10N2O3S. The van der Waals surface area contributed by atoms with Crippen molar-refractivity contribution in [3.63, 3.8) is 0 Å². The monoisotopic (exact) mass is 286 g/mol. The number of rotatable bonds is 3. The van der Waals surface area contributed by atoms with Crippen molar-refractivity contribution >= 4 is 39.8 Å². The largest absolute Gasteiger partial charge is 0.449 e. The van der Waals surface area contributed by atoms with Gasteiger partial charge in [-0.05, 0) is 23.6 Å². The summed E-state index contributed by atoms with van der Waals surface area (Å²) in [4.78, 5) is 24.1. The van der Waals surface area contributed by atoms with Crippen LogP contribution in [0.5, 0.6) is 0 Å². The minimum Gasteiger partial charge on any atom is -0.449 e. The standard InChI is InChI=1S/C14H10N2O3S/c15-13(17)12-11(8-4-1-2-5-9(8)19-12)16-14(18)10-6-3-7-20-10/h1-7H,(H2,15,17)(H,16,18). The Kier molecular flexibility index (Phi) is 3.00. The summed E-state index contributed by atoms with van der Waals surface area (Å²) in [6.07, 6.45) is 0. The molecule has 0 spiro atoms. The van der Waals surface area contributed by atoms with Gasteiger partial charge in [-0.15, -0.1) is 11.3 Å². The predicted molar refractivity (Wildman–Crippen MR) is 77.0 cm³/mol. The van der Waals surface area contributed by atoms with Gasteiger partial charge in [-0.2, -0.15) is 0 Å². The van der Waals surface area contributed by atoms with E-state index in [2.05, 4.69) is 5.32 Å². The molecule has 0 saturated carbocycles. The lowest BCUT2D eigenvalue weighted by molar-refractivity contribution is 0.0977. The van der Waals surface area contributed by atoms with Crippen molar-refractivity contribution in [2.24, 2.45) is 5.73 Å². The molecule has 0 saturated heterocycles. The number of hydrogen-bond donors (Lipinski definition) is 2. The van der Waals surface area contributed by atoms with Crippen LogP contribution in [0.3, 0.4) is 0 Å². The van der Waals surface area contributed by atoms with E-state index < -0.39 is 5.91 Å². The lowest BCUT2D eigenvalue weighted by Crippen LogP contribution is -2.16. The highest BCUT2D eigenvalue weighted by Gasteiger charge is 2.20. The lowest BCUT2D eigenvalue weighted by Gasteiger charge is -2.02. The molecule has 0 aliphatic carbocycles. The zero-order chi connectivity index (χ0) is 14.1. The zero-order valence-electron chi connectivity index (χ0n) is 10.3. The highest BCUT2D eigenvalue weighted by molar-refractivity contribution is 7.12. The van der Waals surface area contributed by atoms with E-state index in [4.69, 9.17) is 10.2 Å². The molecule has 0 aliphatic heterocycles. The summed E-state index contributed by atoms with van der Waals surface area (Å²) in [5.74, 6) is -1.06. The average molecular weight is 286 g/mol. The Morgan fingerprint density at radius 2 is 1.95 bits per heavy atom. The number of furan rings is 1. The van der Waals surface area contributed by atoms with Gasteiger partial charge in [0.15, 0.2) is 0 Å². The third-order valence-corrected chi connectivity index (χ3v) is 3.67. The van der Waals surface area contributed by atoms with Crippen LogP contribution < -0.4 is 11.1 Å². The van der Waals surface area contributed by atoms with E-state index in [1.54, 1.807) is 41.8 Å². The first-order valence-electron chi connectivity index (χ1n) is 5.83. The molecule has 3 N–H and O–H groups in total. The van der Waals surface area contributed by atoms with Crippen LogP contribution in [0.4, 0.5) is 5.69 Å². The van der Waals surface area contributed by atoms with Crippen LogP contribution in [-0.2, 0) is 0 Å². The van der Waals surface area contributed by atoms with Crippen LogP contribution in [0.15, 0.2) is 46.2 Å². The van der Waals surface area contributed by atoms with Crippen molar-refractivity contribution < 1.29 is 14.0 Å². The fourth-order valence-electron chi connectivity index (χ4n) is 1.93. The summed E-state index contributed by atoms with van der Waals surface area (Å²) < 4.78 is 5.39. The molecule has 2 heterocycles. The molecule has 5 nitrogen and oxygen atoms in total. The van der Waals surface area contributed by atoms with Crippen LogP contribution in [0.25, 0.3) is 11.0 Å². The summed E-state index contributed by atoms with van der Waals surface area (Å²) in [6, 6.07) is 10.5. The molecular weight excluding hydrogens is 276 g/mol. The van der Waals surface area contributed by atoms with Gasteiger partial charge in [-0.3, -0.25) is 9.59 Å². The number of primary amides is 1. The number of thiophene rings is 1. The number of fused-ring (bicyclic) bond motifs is 1. The minimum atomic E-state index is -0.720. The maximum atomic E-state index is 12.1. The van der Waals surface area contributed by atoms with E-state index in [9.17, 15) is 9.59 Å². The van der Waals surface area contributed by atoms with Gasteiger partial charge in [0.05, 0.1) is 4.88 Å². The second-order valence-corrected chi connectivity index (χ2v) is 5.05. The van der Waals surface area contributed by atoms with Crippen molar-refractivity contribution in [3.05, 3.63) is 52.4 Å². The van der Waals surface area contributed by atoms with Crippen molar-refractivity contribution in [1.82, 2.24) is 0 Å². The Bertz CT molecular complexity index is 790. The maximum Gasteiger partial charge on any atom is 0.286 e. The van der Waals surface area contributed by atoms with Gasteiger partial charge in [-0.1, -0.05) is 18.2 Å². The highest BCUT2D eigenvalue weighted by atomic mass is 32.1. The molecule has 3 aromatic rings. The molecule has 0 fully saturated rings. The Hall–Kier alpha value is -2.60. The summed E-state index contributed by atoms with van der Waals surface area (Å²) in [6.45, 7) is 0. The molecule has 1 aromatic carbocycles. The minimum absolute atomic E-state index is 0.0453. The van der Waals surface area contributed by atoms with Crippen molar-refractivity contribution in [2.45, 2.75) is 0 Å². The fraction of sp³-hybridized carbons (Fsp3) is 0.